The van der Waals surface area contributed by atoms with Crippen molar-refractivity contribution in [3.63, 3.8) is 0 Å². The average molecular weight is 288 g/mol. The topological polar surface area (TPSA) is 77.8 Å². The van der Waals surface area contributed by atoms with Crippen molar-refractivity contribution in [2.75, 3.05) is 10.6 Å². The molecule has 0 bridgehead atoms. The number of hydrogen-bond donors (Lipinski definition) is 2. The summed E-state index contributed by atoms with van der Waals surface area (Å²) in [5, 5.41) is 16.2. The van der Waals surface area contributed by atoms with E-state index in [-0.39, 0.29) is 6.03 Å². The summed E-state index contributed by atoms with van der Waals surface area (Å²) in [4.78, 5) is 16.1. The van der Waals surface area contributed by atoms with E-state index in [0.717, 1.165) is 10.8 Å². The van der Waals surface area contributed by atoms with Crippen LogP contribution in [0.1, 0.15) is 5.56 Å². The number of nitriles is 1. The Morgan fingerprint density at radius 3 is 2.64 bits per heavy atom. The number of amides is 2. The van der Waals surface area contributed by atoms with Gasteiger partial charge in [0, 0.05) is 28.9 Å². The zero-order valence-corrected chi connectivity index (χ0v) is 11.6. The van der Waals surface area contributed by atoms with Crippen LogP contribution < -0.4 is 10.6 Å². The highest BCUT2D eigenvalue weighted by Crippen LogP contribution is 2.22. The fraction of sp³-hybridized carbons (Fsp3) is 0. The molecule has 0 saturated heterocycles. The van der Waals surface area contributed by atoms with Crippen LogP contribution in [0.5, 0.6) is 0 Å². The van der Waals surface area contributed by atoms with Gasteiger partial charge in [-0.1, -0.05) is 12.1 Å². The van der Waals surface area contributed by atoms with E-state index in [2.05, 4.69) is 15.6 Å². The zero-order valence-electron chi connectivity index (χ0n) is 11.6. The number of benzene rings is 2. The Bertz CT molecular complexity index is 860. The lowest BCUT2D eigenvalue weighted by Gasteiger charge is -2.10. The van der Waals surface area contributed by atoms with Crippen molar-refractivity contribution in [2.24, 2.45) is 0 Å². The predicted octanol–water partition coefficient (Wildman–Crippen LogP) is 3.75. The summed E-state index contributed by atoms with van der Waals surface area (Å²) in [6.07, 6.45) is 3.44. The fourth-order valence-corrected chi connectivity index (χ4v) is 2.14. The standard InChI is InChI=1S/C17H12N4O/c18-10-12-4-6-14(7-5-12)20-17(22)21-16-3-1-2-13-11-19-9-8-15(13)16/h1-9,11H,(H2,20,21,22). The third-order valence-corrected chi connectivity index (χ3v) is 3.20. The minimum atomic E-state index is -0.339. The number of hydrogen-bond acceptors (Lipinski definition) is 3. The second kappa shape index (κ2) is 5.94. The number of pyridine rings is 1. The molecule has 1 aromatic heterocycles. The van der Waals surface area contributed by atoms with Gasteiger partial charge < -0.3 is 10.6 Å². The van der Waals surface area contributed by atoms with Crippen molar-refractivity contribution < 1.29 is 4.79 Å². The van der Waals surface area contributed by atoms with Gasteiger partial charge in [-0.3, -0.25) is 4.98 Å². The Balaban J connectivity index is 1.77. The van der Waals surface area contributed by atoms with Gasteiger partial charge in [0.1, 0.15) is 0 Å². The molecule has 0 saturated carbocycles. The van der Waals surface area contributed by atoms with Crippen LogP contribution in [0.3, 0.4) is 0 Å². The van der Waals surface area contributed by atoms with E-state index in [4.69, 9.17) is 5.26 Å². The van der Waals surface area contributed by atoms with E-state index in [1.165, 1.54) is 0 Å². The number of carbonyl (C=O) groups excluding carboxylic acids is 1. The van der Waals surface area contributed by atoms with Crippen LogP contribution in [0.25, 0.3) is 10.8 Å². The summed E-state index contributed by atoms with van der Waals surface area (Å²) < 4.78 is 0. The number of urea groups is 1. The van der Waals surface area contributed by atoms with Crippen LogP contribution >= 0.6 is 0 Å². The molecule has 0 fully saturated rings. The van der Waals surface area contributed by atoms with Gasteiger partial charge in [0.05, 0.1) is 17.3 Å². The Morgan fingerprint density at radius 2 is 1.86 bits per heavy atom. The quantitative estimate of drug-likeness (QED) is 0.753. The van der Waals surface area contributed by atoms with Crippen molar-refractivity contribution in [3.8, 4) is 6.07 Å². The Kier molecular flexibility index (Phi) is 3.67. The van der Waals surface area contributed by atoms with E-state index in [0.29, 0.717) is 16.9 Å². The third-order valence-electron chi connectivity index (χ3n) is 3.20. The van der Waals surface area contributed by atoms with Gasteiger partial charge in [0.25, 0.3) is 0 Å². The smallest absolute Gasteiger partial charge is 0.308 e. The van der Waals surface area contributed by atoms with Gasteiger partial charge in [-0.2, -0.15) is 5.26 Å². The summed E-state index contributed by atoms with van der Waals surface area (Å²) in [7, 11) is 0. The lowest BCUT2D eigenvalue weighted by atomic mass is 10.1. The molecule has 0 atom stereocenters. The molecule has 2 amide bonds. The first-order chi connectivity index (χ1) is 10.8. The van der Waals surface area contributed by atoms with Crippen LogP contribution in [0, 0.1) is 11.3 Å². The van der Waals surface area contributed by atoms with Gasteiger partial charge in [0.2, 0.25) is 0 Å². The molecule has 0 aliphatic rings. The van der Waals surface area contributed by atoms with Crippen molar-refractivity contribution in [1.29, 1.82) is 5.26 Å². The summed E-state index contributed by atoms with van der Waals surface area (Å²) >= 11 is 0. The molecule has 0 spiro atoms. The van der Waals surface area contributed by atoms with E-state index < -0.39 is 0 Å². The fourth-order valence-electron chi connectivity index (χ4n) is 2.14. The summed E-state index contributed by atoms with van der Waals surface area (Å²) in [6.45, 7) is 0. The second-order valence-corrected chi connectivity index (χ2v) is 4.67. The SMILES string of the molecule is N#Cc1ccc(NC(=O)Nc2cccc3cnccc23)cc1. The molecule has 3 aromatic rings. The van der Waals surface area contributed by atoms with Crippen LogP contribution in [-0.2, 0) is 0 Å². The number of nitrogens with one attached hydrogen (secondary N) is 2. The van der Waals surface area contributed by atoms with Crippen molar-refractivity contribution in [3.05, 3.63) is 66.5 Å². The molecule has 106 valence electrons. The molecule has 0 aliphatic heterocycles. The monoisotopic (exact) mass is 288 g/mol. The van der Waals surface area contributed by atoms with Crippen molar-refractivity contribution >= 4 is 28.2 Å². The van der Waals surface area contributed by atoms with Crippen molar-refractivity contribution in [1.82, 2.24) is 4.98 Å². The van der Waals surface area contributed by atoms with Crippen molar-refractivity contribution in [2.45, 2.75) is 0 Å². The molecular weight excluding hydrogens is 276 g/mol. The number of carbonyl (C=O) groups is 1. The molecule has 22 heavy (non-hydrogen) atoms. The minimum Gasteiger partial charge on any atom is -0.308 e. The molecule has 1 heterocycles. The first-order valence-corrected chi connectivity index (χ1v) is 6.67. The zero-order chi connectivity index (χ0) is 15.4. The lowest BCUT2D eigenvalue weighted by molar-refractivity contribution is 0.262. The predicted molar refractivity (Wildman–Crippen MR) is 85.5 cm³/mol. The molecule has 5 nitrogen and oxygen atoms in total. The van der Waals surface area contributed by atoms with Crippen LogP contribution in [0.2, 0.25) is 0 Å². The lowest BCUT2D eigenvalue weighted by Crippen LogP contribution is -2.19. The number of fused-ring (bicyclic) bond motifs is 1. The largest absolute Gasteiger partial charge is 0.323 e. The summed E-state index contributed by atoms with van der Waals surface area (Å²) in [6, 6.07) is 15.9. The number of rotatable bonds is 2. The maximum absolute atomic E-state index is 12.1. The maximum Gasteiger partial charge on any atom is 0.323 e. The molecule has 0 aliphatic carbocycles. The van der Waals surface area contributed by atoms with E-state index in [1.807, 2.05) is 30.3 Å². The Labute approximate surface area is 127 Å². The summed E-state index contributed by atoms with van der Waals surface area (Å²) in [5.41, 5.74) is 1.89. The normalized spacial score (nSPS) is 9.95. The second-order valence-electron chi connectivity index (χ2n) is 4.67. The minimum absolute atomic E-state index is 0.339. The average Bonchev–Trinajstić information content (AvgIpc) is 2.56. The molecule has 0 radical (unpaired) electrons. The third kappa shape index (κ3) is 2.86. The first-order valence-electron chi connectivity index (χ1n) is 6.67. The van der Waals surface area contributed by atoms with Gasteiger partial charge >= 0.3 is 6.03 Å². The van der Waals surface area contributed by atoms with Gasteiger partial charge in [-0.05, 0) is 36.4 Å². The first kappa shape index (κ1) is 13.6. The molecule has 2 N–H and O–H groups in total. The Morgan fingerprint density at radius 1 is 1.05 bits per heavy atom. The number of nitrogens with zero attached hydrogens (tertiary/aromatic N) is 2. The number of aromatic nitrogens is 1. The van der Waals surface area contributed by atoms with E-state index in [9.17, 15) is 4.79 Å². The van der Waals surface area contributed by atoms with Crippen LogP contribution in [0.4, 0.5) is 16.2 Å². The highest BCUT2D eigenvalue weighted by Gasteiger charge is 2.06. The maximum atomic E-state index is 12.1. The molecule has 2 aromatic carbocycles. The van der Waals surface area contributed by atoms with Gasteiger partial charge in [-0.15, -0.1) is 0 Å². The molecule has 3 rings (SSSR count). The van der Waals surface area contributed by atoms with Crippen LogP contribution in [0.15, 0.2) is 60.9 Å². The highest BCUT2D eigenvalue weighted by molar-refractivity contribution is 6.05. The highest BCUT2D eigenvalue weighted by atomic mass is 16.2. The van der Waals surface area contributed by atoms with Gasteiger partial charge in [0.15, 0.2) is 0 Å². The summed E-state index contributed by atoms with van der Waals surface area (Å²) in [5.74, 6) is 0. The Hall–Kier alpha value is -3.39. The van der Waals surface area contributed by atoms with E-state index >= 15 is 0 Å². The van der Waals surface area contributed by atoms with E-state index in [1.54, 1.807) is 36.7 Å². The molecule has 5 heteroatoms. The molecular formula is C17H12N4O. The van der Waals surface area contributed by atoms with Gasteiger partial charge in [-0.25, -0.2) is 4.79 Å². The number of anilines is 2. The van der Waals surface area contributed by atoms with Crippen LogP contribution in [-0.4, -0.2) is 11.0 Å². The molecule has 0 unspecified atom stereocenters.